The van der Waals surface area contributed by atoms with Gasteiger partial charge in [-0.2, -0.15) is 0 Å². The molecule has 1 amide bonds. The van der Waals surface area contributed by atoms with Crippen LogP contribution in [-0.2, 0) is 10.0 Å². The minimum Gasteiger partial charge on any atom is -0.507 e. The van der Waals surface area contributed by atoms with Crippen LogP contribution in [0, 0.1) is 0 Å². The molecule has 0 bridgehead atoms. The molecule has 0 fully saturated rings. The van der Waals surface area contributed by atoms with Gasteiger partial charge in [-0.1, -0.05) is 27.5 Å². The highest BCUT2D eigenvalue weighted by molar-refractivity contribution is 9.10. The Morgan fingerprint density at radius 3 is 2.70 bits per heavy atom. The molecule has 0 atom stereocenters. The van der Waals surface area contributed by atoms with E-state index < -0.39 is 21.7 Å². The van der Waals surface area contributed by atoms with Crippen molar-refractivity contribution in [1.82, 2.24) is 15.2 Å². The number of hydrogen-bond donors (Lipinski definition) is 4. The Kier molecular flexibility index (Phi) is 5.35. The summed E-state index contributed by atoms with van der Waals surface area (Å²) in [6.07, 6.45) is 1.29. The van der Waals surface area contributed by atoms with Crippen molar-refractivity contribution >= 4 is 55.1 Å². The van der Waals surface area contributed by atoms with Crippen LogP contribution in [0.4, 0.5) is 11.6 Å². The largest absolute Gasteiger partial charge is 0.507 e. The monoisotopic (exact) mass is 471 g/mol. The van der Waals surface area contributed by atoms with E-state index in [1.807, 2.05) is 0 Å². The van der Waals surface area contributed by atoms with Gasteiger partial charge in [0.2, 0.25) is 5.95 Å². The Morgan fingerprint density at radius 2 is 2.00 bits per heavy atom. The third-order valence-electron chi connectivity index (χ3n) is 3.26. The van der Waals surface area contributed by atoms with Crippen molar-refractivity contribution in [1.29, 1.82) is 0 Å². The van der Waals surface area contributed by atoms with Gasteiger partial charge in [0.25, 0.3) is 15.9 Å². The number of aromatic hydroxyl groups is 1. The zero-order chi connectivity index (χ0) is 19.6. The number of carbonyl (C=O) groups is 1. The van der Waals surface area contributed by atoms with Crippen LogP contribution in [0.1, 0.15) is 10.4 Å². The van der Waals surface area contributed by atoms with Crippen molar-refractivity contribution < 1.29 is 18.3 Å². The van der Waals surface area contributed by atoms with Gasteiger partial charge in [0, 0.05) is 15.1 Å². The molecule has 1 aromatic heterocycles. The fourth-order valence-corrected chi connectivity index (χ4v) is 4.05. The maximum Gasteiger partial charge on any atom is 0.265 e. The summed E-state index contributed by atoms with van der Waals surface area (Å²) >= 11 is 9.15. The van der Waals surface area contributed by atoms with Crippen molar-refractivity contribution in [2.75, 3.05) is 10.0 Å². The summed E-state index contributed by atoms with van der Waals surface area (Å²) < 4.78 is 27.9. The average Bonchev–Trinajstić information content (AvgIpc) is 3.09. The molecule has 12 heteroatoms. The maximum atomic E-state index is 12.6. The Labute approximate surface area is 167 Å². The molecule has 0 aliphatic rings. The van der Waals surface area contributed by atoms with Gasteiger partial charge in [-0.05, 0) is 36.4 Å². The highest BCUT2D eigenvalue weighted by atomic mass is 79.9. The number of phenolic OH excluding ortho intramolecular Hbond substituents is 1. The zero-order valence-corrected chi connectivity index (χ0v) is 16.4. The summed E-state index contributed by atoms with van der Waals surface area (Å²) in [6.45, 7) is 0. The quantitative estimate of drug-likeness (QED) is 0.450. The zero-order valence-electron chi connectivity index (χ0n) is 13.3. The molecule has 0 radical (unpaired) electrons. The molecule has 27 heavy (non-hydrogen) atoms. The Hall–Kier alpha value is -2.63. The van der Waals surface area contributed by atoms with E-state index in [9.17, 15) is 18.3 Å². The van der Waals surface area contributed by atoms with E-state index in [2.05, 4.69) is 41.2 Å². The highest BCUT2D eigenvalue weighted by Gasteiger charge is 2.20. The third-order valence-corrected chi connectivity index (χ3v) is 5.39. The van der Waals surface area contributed by atoms with Crippen molar-refractivity contribution in [2.45, 2.75) is 4.90 Å². The summed E-state index contributed by atoms with van der Waals surface area (Å²) in [4.78, 5) is 15.7. The van der Waals surface area contributed by atoms with E-state index in [4.69, 9.17) is 11.6 Å². The van der Waals surface area contributed by atoms with E-state index in [1.54, 1.807) is 0 Å². The van der Waals surface area contributed by atoms with Crippen LogP contribution in [0.2, 0.25) is 5.02 Å². The lowest BCUT2D eigenvalue weighted by atomic mass is 10.2. The third kappa shape index (κ3) is 4.56. The number of halogens is 2. The van der Waals surface area contributed by atoms with Crippen LogP contribution in [-0.4, -0.2) is 34.6 Å². The summed E-state index contributed by atoms with van der Waals surface area (Å²) in [5, 5.41) is 18.6. The number of anilines is 2. The van der Waals surface area contributed by atoms with Crippen LogP contribution < -0.4 is 10.0 Å². The lowest BCUT2D eigenvalue weighted by Gasteiger charge is -2.11. The molecule has 9 nitrogen and oxygen atoms in total. The number of nitrogens with zero attached hydrogens (tertiary/aromatic N) is 2. The van der Waals surface area contributed by atoms with Crippen LogP contribution in [0.15, 0.2) is 52.1 Å². The summed E-state index contributed by atoms with van der Waals surface area (Å²) in [6, 6.07) is 7.97. The van der Waals surface area contributed by atoms with Crippen LogP contribution in [0.3, 0.4) is 0 Å². The Balaban J connectivity index is 1.90. The average molecular weight is 473 g/mol. The van der Waals surface area contributed by atoms with E-state index in [-0.39, 0.29) is 27.1 Å². The number of phenols is 1. The van der Waals surface area contributed by atoms with Gasteiger partial charge in [-0.3, -0.25) is 19.9 Å². The molecule has 140 valence electrons. The molecule has 0 unspecified atom stereocenters. The van der Waals surface area contributed by atoms with Gasteiger partial charge in [0.1, 0.15) is 17.0 Å². The molecule has 1 heterocycles. The number of hydrogen-bond acceptors (Lipinski definition) is 6. The van der Waals surface area contributed by atoms with Gasteiger partial charge in [-0.25, -0.2) is 13.4 Å². The predicted molar refractivity (Wildman–Crippen MR) is 102 cm³/mol. The summed E-state index contributed by atoms with van der Waals surface area (Å²) in [5.74, 6) is -0.945. The summed E-state index contributed by atoms with van der Waals surface area (Å²) in [7, 11) is -4.13. The molecular formula is C15H11BrClN5O4S. The summed E-state index contributed by atoms with van der Waals surface area (Å²) in [5.41, 5.74) is 0.130. The first-order valence-corrected chi connectivity index (χ1v) is 9.89. The second-order valence-electron chi connectivity index (χ2n) is 5.22. The molecule has 3 aromatic rings. The highest BCUT2D eigenvalue weighted by Crippen LogP contribution is 2.29. The second-order valence-corrected chi connectivity index (χ2v) is 8.23. The molecular weight excluding hydrogens is 462 g/mol. The number of aromatic nitrogens is 3. The smallest absolute Gasteiger partial charge is 0.265 e. The minimum atomic E-state index is -4.13. The van der Waals surface area contributed by atoms with Crippen molar-refractivity contribution in [2.24, 2.45) is 0 Å². The number of benzene rings is 2. The van der Waals surface area contributed by atoms with E-state index in [0.717, 1.165) is 0 Å². The number of carbonyl (C=O) groups excluding carboxylic acids is 1. The van der Waals surface area contributed by atoms with Gasteiger partial charge >= 0.3 is 0 Å². The topological polar surface area (TPSA) is 137 Å². The molecule has 3 rings (SSSR count). The number of sulfonamides is 1. The molecule has 0 spiro atoms. The van der Waals surface area contributed by atoms with Crippen LogP contribution in [0.5, 0.6) is 5.75 Å². The first-order chi connectivity index (χ1) is 12.7. The molecule has 0 saturated heterocycles. The fraction of sp³-hybridized carbons (Fsp3) is 0. The fourth-order valence-electron chi connectivity index (χ4n) is 2.14. The molecule has 2 aromatic carbocycles. The van der Waals surface area contributed by atoms with E-state index >= 15 is 0 Å². The van der Waals surface area contributed by atoms with Crippen LogP contribution >= 0.6 is 27.5 Å². The lowest BCUT2D eigenvalue weighted by molar-refractivity contribution is 0.102. The maximum absolute atomic E-state index is 12.6. The van der Waals surface area contributed by atoms with Crippen molar-refractivity contribution in [3.8, 4) is 5.75 Å². The SMILES string of the molecule is O=C(Nc1nc[nH]n1)c1cc(Cl)cc(NS(=O)(=O)c2cc(Br)ccc2O)c1. The van der Waals surface area contributed by atoms with Gasteiger partial charge in [0.05, 0.1) is 5.69 Å². The Bertz CT molecular complexity index is 1110. The number of rotatable bonds is 5. The predicted octanol–water partition coefficient (Wildman–Crippen LogP) is 2.98. The Morgan fingerprint density at radius 1 is 1.22 bits per heavy atom. The number of H-pyrrole nitrogens is 1. The molecule has 0 aliphatic carbocycles. The van der Waals surface area contributed by atoms with E-state index in [0.29, 0.717) is 4.47 Å². The number of nitrogens with one attached hydrogen (secondary N) is 3. The lowest BCUT2D eigenvalue weighted by Crippen LogP contribution is -2.16. The standard InChI is InChI=1S/C15H11BrClN5O4S/c16-9-1-2-12(23)13(5-9)27(25,26)22-11-4-8(3-10(17)6-11)14(24)20-15-18-7-19-21-15/h1-7,22-23H,(H2,18,19,20,21,24). The minimum absolute atomic E-state index is 0.0435. The van der Waals surface area contributed by atoms with Crippen LogP contribution in [0.25, 0.3) is 0 Å². The molecule has 0 aliphatic heterocycles. The van der Waals surface area contributed by atoms with Gasteiger partial charge in [0.15, 0.2) is 0 Å². The molecule has 4 N–H and O–H groups in total. The normalized spacial score (nSPS) is 11.2. The van der Waals surface area contributed by atoms with Gasteiger partial charge in [-0.15, -0.1) is 5.10 Å². The van der Waals surface area contributed by atoms with E-state index in [1.165, 1.54) is 42.7 Å². The second kappa shape index (κ2) is 7.55. The number of aromatic amines is 1. The first-order valence-electron chi connectivity index (χ1n) is 7.24. The number of amides is 1. The van der Waals surface area contributed by atoms with Crippen molar-refractivity contribution in [3.63, 3.8) is 0 Å². The molecule has 0 saturated carbocycles. The first kappa shape index (κ1) is 19.1. The van der Waals surface area contributed by atoms with Crippen molar-refractivity contribution in [3.05, 3.63) is 57.8 Å². The van der Waals surface area contributed by atoms with Gasteiger partial charge < -0.3 is 5.11 Å².